The van der Waals surface area contributed by atoms with Crippen molar-refractivity contribution >= 4 is 29.9 Å². The maximum Gasteiger partial charge on any atom is 0.246 e. The van der Waals surface area contributed by atoms with Crippen molar-refractivity contribution in [1.82, 2.24) is 14.9 Å². The molecule has 1 saturated heterocycles. The number of anilines is 1. The summed E-state index contributed by atoms with van der Waals surface area (Å²) >= 11 is 0. The normalized spacial score (nSPS) is 23.7. The molecule has 10 heteroatoms. The smallest absolute Gasteiger partial charge is 0.246 e. The molecule has 1 saturated carbocycles. The Morgan fingerprint density at radius 2 is 1.79 bits per heavy atom. The Hall–Kier alpha value is -3.10. The van der Waals surface area contributed by atoms with E-state index in [9.17, 15) is 9.46 Å². The standard InChI is InChI=1S/C32H40N5O4P/c1-32(2)29(36-28-30(33)34-21-35-31(28)41-32)26-12-10-25(11-13-26)24-8-6-22(7-9-24)20-42(38,39)27-5-3-4-23(18-27)19-37-14-16-40-17-15-37/h3-5,10-13,18,21-22,24H,6-9,14-17,19-20H2,1-2H3,(H,38,39)(H2,33,34,35). The van der Waals surface area contributed by atoms with E-state index in [-0.39, 0.29) is 5.92 Å². The second-order valence-electron chi connectivity index (χ2n) is 12.3. The molecule has 42 heavy (non-hydrogen) atoms. The van der Waals surface area contributed by atoms with Crippen LogP contribution in [0.2, 0.25) is 0 Å². The lowest BCUT2D eigenvalue weighted by molar-refractivity contribution is 0.0342. The van der Waals surface area contributed by atoms with E-state index < -0.39 is 13.0 Å². The van der Waals surface area contributed by atoms with Gasteiger partial charge in [0.2, 0.25) is 13.2 Å². The zero-order chi connectivity index (χ0) is 29.3. The van der Waals surface area contributed by atoms with Crippen LogP contribution in [0.1, 0.15) is 62.1 Å². The first-order valence-electron chi connectivity index (χ1n) is 14.9. The maximum absolute atomic E-state index is 13.5. The minimum atomic E-state index is -3.43. The quantitative estimate of drug-likeness (QED) is 0.367. The molecule has 2 fully saturated rings. The van der Waals surface area contributed by atoms with Crippen molar-refractivity contribution in [3.8, 4) is 5.88 Å². The summed E-state index contributed by atoms with van der Waals surface area (Å²) in [5.74, 6) is 1.39. The van der Waals surface area contributed by atoms with Gasteiger partial charge in [-0.25, -0.2) is 9.98 Å². The van der Waals surface area contributed by atoms with Gasteiger partial charge < -0.3 is 20.1 Å². The third-order valence-electron chi connectivity index (χ3n) is 8.79. The van der Waals surface area contributed by atoms with E-state index >= 15 is 0 Å². The summed E-state index contributed by atoms with van der Waals surface area (Å²) in [6.45, 7) is 8.02. The number of nitrogens with two attached hydrogens (primary N) is 1. The Morgan fingerprint density at radius 1 is 1.05 bits per heavy atom. The van der Waals surface area contributed by atoms with Crippen LogP contribution in [0, 0.1) is 5.92 Å². The summed E-state index contributed by atoms with van der Waals surface area (Å²) < 4.78 is 25.1. The van der Waals surface area contributed by atoms with E-state index in [1.54, 1.807) is 0 Å². The topological polar surface area (TPSA) is 123 Å². The number of aliphatic imine (C=N–C) groups is 1. The van der Waals surface area contributed by atoms with Crippen LogP contribution in [-0.2, 0) is 15.8 Å². The maximum atomic E-state index is 13.5. The first kappa shape index (κ1) is 29.0. The molecule has 1 atom stereocenters. The number of morpholine rings is 1. The van der Waals surface area contributed by atoms with Crippen molar-refractivity contribution in [3.63, 3.8) is 0 Å². The average molecular weight is 590 g/mol. The van der Waals surface area contributed by atoms with Crippen LogP contribution in [0.3, 0.4) is 0 Å². The largest absolute Gasteiger partial charge is 0.463 e. The molecule has 0 amide bonds. The second kappa shape index (κ2) is 11.9. The van der Waals surface area contributed by atoms with Crippen LogP contribution in [0.5, 0.6) is 5.88 Å². The van der Waals surface area contributed by atoms with Crippen molar-refractivity contribution in [3.05, 3.63) is 71.5 Å². The molecule has 6 rings (SSSR count). The Bertz CT molecular complexity index is 1490. The van der Waals surface area contributed by atoms with E-state index in [0.29, 0.717) is 34.8 Å². The predicted molar refractivity (Wildman–Crippen MR) is 165 cm³/mol. The molecule has 3 aromatic rings. The van der Waals surface area contributed by atoms with Gasteiger partial charge in [0, 0.05) is 36.7 Å². The Kier molecular flexibility index (Phi) is 8.20. The molecule has 3 aliphatic rings. The van der Waals surface area contributed by atoms with Gasteiger partial charge >= 0.3 is 0 Å². The number of rotatable bonds is 7. The third-order valence-corrected chi connectivity index (χ3v) is 10.9. The van der Waals surface area contributed by atoms with E-state index in [2.05, 4.69) is 39.1 Å². The summed E-state index contributed by atoms with van der Waals surface area (Å²) in [5, 5.41) is 0.583. The summed E-state index contributed by atoms with van der Waals surface area (Å²) in [5.41, 5.74) is 10.00. The van der Waals surface area contributed by atoms with Crippen LogP contribution >= 0.6 is 7.37 Å². The van der Waals surface area contributed by atoms with Crippen molar-refractivity contribution in [2.24, 2.45) is 10.9 Å². The molecule has 2 aromatic carbocycles. The predicted octanol–water partition coefficient (Wildman–Crippen LogP) is 5.05. The van der Waals surface area contributed by atoms with Gasteiger partial charge in [-0.05, 0) is 74.6 Å². The number of ether oxygens (including phenoxy) is 2. The lowest BCUT2D eigenvalue weighted by atomic mass is 9.79. The van der Waals surface area contributed by atoms with Gasteiger partial charge in [0.15, 0.2) is 11.5 Å². The molecule has 3 heterocycles. The number of aromatic nitrogens is 2. The molecule has 1 unspecified atom stereocenters. The van der Waals surface area contributed by atoms with E-state index in [1.807, 2.05) is 38.1 Å². The molecule has 222 valence electrons. The fourth-order valence-corrected chi connectivity index (χ4v) is 8.40. The van der Waals surface area contributed by atoms with Crippen LogP contribution in [0.25, 0.3) is 0 Å². The highest BCUT2D eigenvalue weighted by Gasteiger charge is 2.35. The molecular weight excluding hydrogens is 549 g/mol. The van der Waals surface area contributed by atoms with Crippen LogP contribution < -0.4 is 15.8 Å². The second-order valence-corrected chi connectivity index (χ2v) is 14.6. The van der Waals surface area contributed by atoms with Gasteiger partial charge in [0.25, 0.3) is 0 Å². The van der Waals surface area contributed by atoms with Crippen molar-refractivity contribution in [2.45, 2.75) is 57.6 Å². The highest BCUT2D eigenvalue weighted by molar-refractivity contribution is 7.66. The van der Waals surface area contributed by atoms with Crippen molar-refractivity contribution in [2.75, 3.05) is 38.2 Å². The minimum Gasteiger partial charge on any atom is -0.463 e. The molecule has 0 bridgehead atoms. The van der Waals surface area contributed by atoms with Crippen molar-refractivity contribution in [1.29, 1.82) is 0 Å². The van der Waals surface area contributed by atoms with E-state index in [1.165, 1.54) is 11.9 Å². The monoisotopic (exact) mass is 589 g/mol. The zero-order valence-corrected chi connectivity index (χ0v) is 25.3. The average Bonchev–Trinajstić information content (AvgIpc) is 2.98. The SMILES string of the molecule is CC1(C)Oc2ncnc(N)c2N=C1c1ccc(C2CCC(CP(=O)(O)c3cccc(CN4CCOCC4)c3)CC2)cc1. The number of fused-ring (bicyclic) bond motifs is 1. The molecule has 1 aliphatic carbocycles. The zero-order valence-electron chi connectivity index (χ0n) is 24.4. The van der Waals surface area contributed by atoms with Gasteiger partial charge in [0.1, 0.15) is 11.9 Å². The van der Waals surface area contributed by atoms with Gasteiger partial charge in [-0.15, -0.1) is 0 Å². The molecule has 1 aromatic heterocycles. The fourth-order valence-electron chi connectivity index (χ4n) is 6.44. The summed E-state index contributed by atoms with van der Waals surface area (Å²) in [6.07, 6.45) is 5.67. The third kappa shape index (κ3) is 6.30. The number of nitrogens with zero attached hydrogens (tertiary/aromatic N) is 4. The first-order valence-corrected chi connectivity index (χ1v) is 16.7. The van der Waals surface area contributed by atoms with Crippen LogP contribution in [0.15, 0.2) is 59.9 Å². The van der Waals surface area contributed by atoms with Gasteiger partial charge in [-0.3, -0.25) is 9.46 Å². The highest BCUT2D eigenvalue weighted by atomic mass is 31.2. The van der Waals surface area contributed by atoms with Crippen LogP contribution in [0.4, 0.5) is 11.5 Å². The number of benzene rings is 2. The van der Waals surface area contributed by atoms with Gasteiger partial charge in [-0.2, -0.15) is 4.98 Å². The molecule has 3 N–H and O–H groups in total. The Balaban J connectivity index is 1.07. The summed E-state index contributed by atoms with van der Waals surface area (Å²) in [6, 6.07) is 16.3. The molecule has 0 spiro atoms. The van der Waals surface area contributed by atoms with Gasteiger partial charge in [-0.1, -0.05) is 36.4 Å². The molecule has 9 nitrogen and oxygen atoms in total. The lowest BCUT2D eigenvalue weighted by Crippen LogP contribution is -2.41. The van der Waals surface area contributed by atoms with Crippen LogP contribution in [-0.4, -0.2) is 63.5 Å². The summed E-state index contributed by atoms with van der Waals surface area (Å²) in [7, 11) is -3.43. The fraction of sp³-hybridized carbons (Fsp3) is 0.469. The molecular formula is C32H40N5O4P. The Morgan fingerprint density at radius 3 is 2.52 bits per heavy atom. The first-order chi connectivity index (χ1) is 20.2. The number of nitrogen functional groups attached to an aromatic ring is 1. The lowest BCUT2D eigenvalue weighted by Gasteiger charge is -2.32. The van der Waals surface area contributed by atoms with Crippen molar-refractivity contribution < 1.29 is 18.9 Å². The minimum absolute atomic E-state index is 0.251. The highest BCUT2D eigenvalue weighted by Crippen LogP contribution is 2.47. The summed E-state index contributed by atoms with van der Waals surface area (Å²) in [4.78, 5) is 26.5. The van der Waals surface area contributed by atoms with E-state index in [0.717, 1.165) is 75.4 Å². The number of hydrogen-bond donors (Lipinski definition) is 2. The van der Waals surface area contributed by atoms with E-state index in [4.69, 9.17) is 20.2 Å². The Labute approximate surface area is 247 Å². The van der Waals surface area contributed by atoms with Gasteiger partial charge in [0.05, 0.1) is 18.9 Å². The molecule has 2 aliphatic heterocycles. The molecule has 0 radical (unpaired) electrons. The number of hydrogen-bond acceptors (Lipinski definition) is 8.